The lowest BCUT2D eigenvalue weighted by atomic mass is 10.2. The standard InChI is InChI=1S/C20H17ClFN3O2/c1-12-9-17(18(27-2)11-16(12)21)25-19-10-13(7-8-23-19)20(26)24-15-5-3-14(22)4-6-15/h3-11H,1-2H3,(H,23,25)(H,24,26). The molecule has 0 aliphatic carbocycles. The van der Waals surface area contributed by atoms with Crippen LogP contribution in [-0.4, -0.2) is 18.0 Å². The summed E-state index contributed by atoms with van der Waals surface area (Å²) in [6.45, 7) is 1.88. The Balaban J connectivity index is 1.80. The number of ether oxygens (including phenoxy) is 1. The van der Waals surface area contributed by atoms with Crippen LogP contribution in [0.2, 0.25) is 5.02 Å². The zero-order valence-corrected chi connectivity index (χ0v) is 15.5. The van der Waals surface area contributed by atoms with Crippen LogP contribution in [0.1, 0.15) is 15.9 Å². The van der Waals surface area contributed by atoms with Gasteiger partial charge in [-0.05, 0) is 55.0 Å². The molecule has 5 nitrogen and oxygen atoms in total. The van der Waals surface area contributed by atoms with E-state index in [0.29, 0.717) is 33.5 Å². The van der Waals surface area contributed by atoms with Crippen LogP contribution >= 0.6 is 11.6 Å². The van der Waals surface area contributed by atoms with Crippen molar-refractivity contribution in [2.24, 2.45) is 0 Å². The van der Waals surface area contributed by atoms with Gasteiger partial charge in [0.25, 0.3) is 5.91 Å². The molecule has 3 rings (SSSR count). The summed E-state index contributed by atoms with van der Waals surface area (Å²) < 4.78 is 18.3. The molecule has 1 aromatic heterocycles. The first-order chi connectivity index (χ1) is 13.0. The molecule has 0 aliphatic rings. The second-order valence-electron chi connectivity index (χ2n) is 5.82. The van der Waals surface area contributed by atoms with E-state index in [2.05, 4.69) is 15.6 Å². The normalized spacial score (nSPS) is 10.4. The topological polar surface area (TPSA) is 63.2 Å². The van der Waals surface area contributed by atoms with E-state index in [1.54, 1.807) is 25.3 Å². The highest BCUT2D eigenvalue weighted by Crippen LogP contribution is 2.32. The summed E-state index contributed by atoms with van der Waals surface area (Å²) in [7, 11) is 1.55. The highest BCUT2D eigenvalue weighted by Gasteiger charge is 2.11. The van der Waals surface area contributed by atoms with Crippen LogP contribution < -0.4 is 15.4 Å². The second-order valence-corrected chi connectivity index (χ2v) is 6.22. The van der Waals surface area contributed by atoms with E-state index in [9.17, 15) is 9.18 Å². The fourth-order valence-electron chi connectivity index (χ4n) is 2.44. The number of pyridine rings is 1. The number of amides is 1. The number of aryl methyl sites for hydroxylation is 1. The number of halogens is 2. The van der Waals surface area contributed by atoms with Gasteiger partial charge in [0.15, 0.2) is 0 Å². The molecule has 0 unspecified atom stereocenters. The van der Waals surface area contributed by atoms with E-state index in [-0.39, 0.29) is 11.7 Å². The number of rotatable bonds is 5. The van der Waals surface area contributed by atoms with Crippen LogP contribution in [-0.2, 0) is 0 Å². The first kappa shape index (κ1) is 18.7. The lowest BCUT2D eigenvalue weighted by Gasteiger charge is -2.13. The molecule has 1 heterocycles. The number of carbonyl (C=O) groups is 1. The Morgan fingerprint density at radius 2 is 1.89 bits per heavy atom. The number of nitrogens with zero attached hydrogens (tertiary/aromatic N) is 1. The molecule has 27 heavy (non-hydrogen) atoms. The number of anilines is 3. The quantitative estimate of drug-likeness (QED) is 0.634. The molecule has 0 atom stereocenters. The minimum Gasteiger partial charge on any atom is -0.495 e. The summed E-state index contributed by atoms with van der Waals surface area (Å²) in [5.41, 5.74) is 2.47. The smallest absolute Gasteiger partial charge is 0.255 e. The second kappa shape index (κ2) is 8.05. The van der Waals surface area contributed by atoms with Gasteiger partial charge in [-0.1, -0.05) is 11.6 Å². The van der Waals surface area contributed by atoms with Crippen molar-refractivity contribution in [1.82, 2.24) is 4.98 Å². The number of methoxy groups -OCH3 is 1. The molecule has 0 saturated heterocycles. The van der Waals surface area contributed by atoms with Gasteiger partial charge in [-0.3, -0.25) is 4.79 Å². The van der Waals surface area contributed by atoms with E-state index < -0.39 is 0 Å². The van der Waals surface area contributed by atoms with Gasteiger partial charge in [0, 0.05) is 28.5 Å². The van der Waals surface area contributed by atoms with E-state index in [4.69, 9.17) is 16.3 Å². The van der Waals surface area contributed by atoms with Gasteiger partial charge >= 0.3 is 0 Å². The average Bonchev–Trinajstić information content (AvgIpc) is 2.66. The fourth-order valence-corrected chi connectivity index (χ4v) is 2.60. The third-order valence-electron chi connectivity index (χ3n) is 3.87. The van der Waals surface area contributed by atoms with E-state index in [1.807, 2.05) is 13.0 Å². The molecular formula is C20H17ClFN3O2. The summed E-state index contributed by atoms with van der Waals surface area (Å²) >= 11 is 6.12. The molecule has 0 aliphatic heterocycles. The maximum atomic E-state index is 13.0. The van der Waals surface area contributed by atoms with Crippen molar-refractivity contribution in [3.05, 3.63) is 76.7 Å². The van der Waals surface area contributed by atoms with Crippen molar-refractivity contribution in [3.8, 4) is 5.75 Å². The van der Waals surface area contributed by atoms with Gasteiger partial charge in [-0.25, -0.2) is 9.37 Å². The molecule has 7 heteroatoms. The van der Waals surface area contributed by atoms with Gasteiger partial charge in [-0.15, -0.1) is 0 Å². The molecular weight excluding hydrogens is 369 g/mol. The number of carbonyl (C=O) groups excluding carboxylic acids is 1. The lowest BCUT2D eigenvalue weighted by molar-refractivity contribution is 0.102. The molecule has 2 N–H and O–H groups in total. The Bertz CT molecular complexity index is 977. The maximum absolute atomic E-state index is 13.0. The van der Waals surface area contributed by atoms with Crippen molar-refractivity contribution in [2.45, 2.75) is 6.92 Å². The van der Waals surface area contributed by atoms with Gasteiger partial charge in [0.1, 0.15) is 17.4 Å². The van der Waals surface area contributed by atoms with Crippen molar-refractivity contribution >= 4 is 34.7 Å². The van der Waals surface area contributed by atoms with E-state index in [1.165, 1.54) is 30.5 Å². The summed E-state index contributed by atoms with van der Waals surface area (Å²) in [4.78, 5) is 16.7. The number of benzene rings is 2. The Morgan fingerprint density at radius 3 is 2.59 bits per heavy atom. The van der Waals surface area contributed by atoms with Crippen molar-refractivity contribution in [1.29, 1.82) is 0 Å². The minimum atomic E-state index is -0.365. The first-order valence-electron chi connectivity index (χ1n) is 8.10. The Hall–Kier alpha value is -3.12. The Morgan fingerprint density at radius 1 is 1.15 bits per heavy atom. The molecule has 0 saturated carbocycles. The molecule has 0 bridgehead atoms. The third-order valence-corrected chi connectivity index (χ3v) is 4.27. The highest BCUT2D eigenvalue weighted by atomic mass is 35.5. The van der Waals surface area contributed by atoms with Crippen LogP contribution in [0.5, 0.6) is 5.75 Å². The third kappa shape index (κ3) is 4.54. The summed E-state index contributed by atoms with van der Waals surface area (Å²) in [5, 5.41) is 6.44. The van der Waals surface area contributed by atoms with Crippen LogP contribution in [0, 0.1) is 12.7 Å². The van der Waals surface area contributed by atoms with Crippen LogP contribution in [0.4, 0.5) is 21.6 Å². The Kier molecular flexibility index (Phi) is 5.57. The lowest BCUT2D eigenvalue weighted by Crippen LogP contribution is -2.12. The summed E-state index contributed by atoms with van der Waals surface area (Å²) in [6.07, 6.45) is 1.52. The molecule has 1 amide bonds. The van der Waals surface area contributed by atoms with Gasteiger partial charge < -0.3 is 15.4 Å². The number of aromatic nitrogens is 1. The minimum absolute atomic E-state index is 0.327. The molecule has 3 aromatic rings. The predicted octanol–water partition coefficient (Wildman–Crippen LogP) is 5.19. The van der Waals surface area contributed by atoms with Crippen molar-refractivity contribution in [3.63, 3.8) is 0 Å². The average molecular weight is 386 g/mol. The maximum Gasteiger partial charge on any atom is 0.255 e. The zero-order valence-electron chi connectivity index (χ0n) is 14.7. The van der Waals surface area contributed by atoms with Crippen molar-refractivity contribution < 1.29 is 13.9 Å². The van der Waals surface area contributed by atoms with E-state index >= 15 is 0 Å². The van der Waals surface area contributed by atoms with Crippen LogP contribution in [0.15, 0.2) is 54.7 Å². The van der Waals surface area contributed by atoms with Gasteiger partial charge in [-0.2, -0.15) is 0 Å². The predicted molar refractivity (Wildman–Crippen MR) is 105 cm³/mol. The molecule has 0 spiro atoms. The highest BCUT2D eigenvalue weighted by molar-refractivity contribution is 6.31. The fraction of sp³-hybridized carbons (Fsp3) is 0.100. The van der Waals surface area contributed by atoms with Gasteiger partial charge in [0.2, 0.25) is 0 Å². The molecule has 0 radical (unpaired) electrons. The number of hydrogen-bond acceptors (Lipinski definition) is 4. The Labute approximate surface area is 161 Å². The van der Waals surface area contributed by atoms with Crippen LogP contribution in [0.3, 0.4) is 0 Å². The molecule has 138 valence electrons. The number of hydrogen-bond donors (Lipinski definition) is 2. The molecule has 2 aromatic carbocycles. The monoisotopic (exact) mass is 385 g/mol. The first-order valence-corrected chi connectivity index (χ1v) is 8.48. The van der Waals surface area contributed by atoms with E-state index in [0.717, 1.165) is 5.56 Å². The summed E-state index contributed by atoms with van der Waals surface area (Å²) in [5.74, 6) is 0.345. The van der Waals surface area contributed by atoms with Crippen molar-refractivity contribution in [2.75, 3.05) is 17.7 Å². The number of nitrogens with one attached hydrogen (secondary N) is 2. The SMILES string of the molecule is COc1cc(Cl)c(C)cc1Nc1cc(C(=O)Nc2ccc(F)cc2)ccn1. The van der Waals surface area contributed by atoms with Crippen LogP contribution in [0.25, 0.3) is 0 Å². The summed E-state index contributed by atoms with van der Waals surface area (Å²) in [6, 6.07) is 12.3. The molecule has 0 fully saturated rings. The zero-order chi connectivity index (χ0) is 19.4. The van der Waals surface area contributed by atoms with Gasteiger partial charge in [0.05, 0.1) is 12.8 Å². The largest absolute Gasteiger partial charge is 0.495 e.